The number of aliphatic imine (C=N–C) groups is 1. The fourth-order valence-corrected chi connectivity index (χ4v) is 5.90. The highest BCUT2D eigenvalue weighted by Crippen LogP contribution is 2.48. The number of halogens is 4. The smallest absolute Gasteiger partial charge is 0.253 e. The van der Waals surface area contributed by atoms with Gasteiger partial charge < -0.3 is 10.6 Å². The van der Waals surface area contributed by atoms with E-state index in [1.807, 2.05) is 0 Å². The summed E-state index contributed by atoms with van der Waals surface area (Å²) in [7, 11) is -3.96. The van der Waals surface area contributed by atoms with Crippen molar-refractivity contribution in [3.05, 3.63) is 77.1 Å². The molecule has 2 atom stereocenters. The molecule has 0 radical (unpaired) electrons. The quantitative estimate of drug-likeness (QED) is 0.407. The Hall–Kier alpha value is -2.89. The van der Waals surface area contributed by atoms with Crippen LogP contribution in [0.3, 0.4) is 0 Å². The number of amides is 1. The van der Waals surface area contributed by atoms with E-state index < -0.39 is 45.2 Å². The predicted molar refractivity (Wildman–Crippen MR) is 144 cm³/mol. The van der Waals surface area contributed by atoms with Gasteiger partial charge >= 0.3 is 0 Å². The average molecular weight is 583 g/mol. The van der Waals surface area contributed by atoms with E-state index >= 15 is 0 Å². The first-order valence-electron chi connectivity index (χ1n) is 12.4. The third kappa shape index (κ3) is 6.64. The van der Waals surface area contributed by atoms with Crippen molar-refractivity contribution in [3.8, 4) is 0 Å². The Morgan fingerprint density at radius 2 is 1.90 bits per heavy atom. The van der Waals surface area contributed by atoms with Gasteiger partial charge in [0.15, 0.2) is 0 Å². The number of carbonyl (C=O) groups is 1. The fraction of sp³-hybridized carbons (Fsp3) is 0.407. The van der Waals surface area contributed by atoms with Crippen molar-refractivity contribution in [3.63, 3.8) is 0 Å². The van der Waals surface area contributed by atoms with E-state index in [2.05, 4.69) is 22.2 Å². The Balaban J connectivity index is 1.45. The van der Waals surface area contributed by atoms with Crippen molar-refractivity contribution in [1.29, 1.82) is 0 Å². The molecule has 1 fully saturated rings. The first kappa shape index (κ1) is 29.1. The van der Waals surface area contributed by atoms with E-state index in [1.54, 1.807) is 38.1 Å². The maximum absolute atomic E-state index is 14.1. The minimum Gasteiger partial charge on any atom is -0.357 e. The molecule has 12 heteroatoms. The molecule has 0 spiro atoms. The Morgan fingerprint density at radius 1 is 1.23 bits per heavy atom. The van der Waals surface area contributed by atoms with Crippen molar-refractivity contribution in [1.82, 2.24) is 14.9 Å². The topological polar surface area (TPSA) is 90.9 Å². The third-order valence-electron chi connectivity index (χ3n) is 6.85. The van der Waals surface area contributed by atoms with E-state index in [0.717, 1.165) is 0 Å². The van der Waals surface area contributed by atoms with Crippen LogP contribution in [0.5, 0.6) is 0 Å². The van der Waals surface area contributed by atoms with Gasteiger partial charge in [0, 0.05) is 32.0 Å². The van der Waals surface area contributed by atoms with Gasteiger partial charge in [-0.3, -0.25) is 9.79 Å². The standard InChI is InChI=1S/C27H30ClF3N4O3S/c1-17(24-33-23(26(2,3)34-24)25(36)32-15-19-14-27(19,30)31)11-12-35(16-18-9-10-21(28)22(29)13-18)39(37,38)20-7-5-4-6-8-20/h4-10,13,19,23H,1,11-12,14-16H2,2-3H3,(H,32,36)(H,33,34)/t19-,23-/m0/s1. The molecule has 1 aliphatic heterocycles. The zero-order valence-corrected chi connectivity index (χ0v) is 23.1. The lowest BCUT2D eigenvalue weighted by Gasteiger charge is -2.24. The minimum absolute atomic E-state index is 0.00490. The molecule has 0 aromatic heterocycles. The summed E-state index contributed by atoms with van der Waals surface area (Å²) in [6.45, 7) is 7.27. The van der Waals surface area contributed by atoms with E-state index in [4.69, 9.17) is 11.6 Å². The Labute approximate surface area is 231 Å². The monoisotopic (exact) mass is 582 g/mol. The Bertz CT molecular complexity index is 1400. The molecular weight excluding hydrogens is 553 g/mol. The molecule has 0 unspecified atom stereocenters. The van der Waals surface area contributed by atoms with Crippen molar-refractivity contribution in [2.45, 2.75) is 55.6 Å². The van der Waals surface area contributed by atoms with Crippen LogP contribution in [0.2, 0.25) is 5.02 Å². The SMILES string of the molecule is C=C(CCN(Cc1ccc(Cl)c(F)c1)S(=O)(=O)c1ccccc1)C1=NC(C)(C)[C@H](C(=O)NC[C@@H]2CC2(F)F)N1. The Kier molecular flexibility index (Phi) is 8.16. The normalized spacial score (nSPS) is 21.3. The van der Waals surface area contributed by atoms with Gasteiger partial charge in [0.1, 0.15) is 17.7 Å². The summed E-state index contributed by atoms with van der Waals surface area (Å²) in [5.41, 5.74) is -0.00877. The number of rotatable bonds is 11. The molecule has 1 amide bonds. The van der Waals surface area contributed by atoms with E-state index in [0.29, 0.717) is 17.0 Å². The molecule has 39 heavy (non-hydrogen) atoms. The van der Waals surface area contributed by atoms with Gasteiger partial charge in [-0.25, -0.2) is 21.6 Å². The Morgan fingerprint density at radius 3 is 2.51 bits per heavy atom. The summed E-state index contributed by atoms with van der Waals surface area (Å²) in [6.07, 6.45) is -0.0783. The van der Waals surface area contributed by atoms with Gasteiger partial charge in [-0.1, -0.05) is 42.4 Å². The molecule has 2 aliphatic rings. The number of carbonyl (C=O) groups excluding carboxylic acids is 1. The van der Waals surface area contributed by atoms with Crippen LogP contribution < -0.4 is 10.6 Å². The summed E-state index contributed by atoms with van der Waals surface area (Å²) in [4.78, 5) is 17.4. The van der Waals surface area contributed by atoms with Crippen LogP contribution >= 0.6 is 11.6 Å². The lowest BCUT2D eigenvalue weighted by Crippen LogP contribution is -2.52. The molecule has 4 rings (SSSR count). The highest BCUT2D eigenvalue weighted by Gasteiger charge is 2.56. The molecule has 2 aromatic carbocycles. The van der Waals surface area contributed by atoms with Crippen molar-refractivity contribution >= 4 is 33.4 Å². The first-order valence-corrected chi connectivity index (χ1v) is 14.2. The number of nitrogens with one attached hydrogen (secondary N) is 2. The van der Waals surface area contributed by atoms with Gasteiger partial charge in [0.2, 0.25) is 15.9 Å². The number of sulfonamides is 1. The van der Waals surface area contributed by atoms with E-state index in [-0.39, 0.29) is 42.4 Å². The second kappa shape index (κ2) is 10.9. The number of benzene rings is 2. The average Bonchev–Trinajstić information content (AvgIpc) is 3.36. The lowest BCUT2D eigenvalue weighted by atomic mass is 9.96. The molecule has 2 aromatic rings. The fourth-order valence-electron chi connectivity index (χ4n) is 4.33. The zero-order valence-electron chi connectivity index (χ0n) is 21.6. The van der Waals surface area contributed by atoms with E-state index in [9.17, 15) is 26.4 Å². The van der Waals surface area contributed by atoms with Crippen LogP contribution in [0.15, 0.2) is 70.6 Å². The summed E-state index contributed by atoms with van der Waals surface area (Å²) in [5, 5.41) is 5.52. The highest BCUT2D eigenvalue weighted by atomic mass is 35.5. The highest BCUT2D eigenvalue weighted by molar-refractivity contribution is 7.89. The zero-order chi connectivity index (χ0) is 28.6. The molecular formula is C27H30ClF3N4O3S. The number of alkyl halides is 2. The number of amidine groups is 1. The van der Waals surface area contributed by atoms with E-state index in [1.165, 1.54) is 28.6 Å². The van der Waals surface area contributed by atoms with Crippen LogP contribution in [0.25, 0.3) is 0 Å². The maximum atomic E-state index is 14.1. The summed E-state index contributed by atoms with van der Waals surface area (Å²) in [5.74, 6) is -4.35. The molecule has 1 saturated carbocycles. The molecule has 7 nitrogen and oxygen atoms in total. The molecule has 1 aliphatic carbocycles. The van der Waals surface area contributed by atoms with Gasteiger partial charge in [-0.15, -0.1) is 0 Å². The first-order chi connectivity index (χ1) is 18.2. The lowest BCUT2D eigenvalue weighted by molar-refractivity contribution is -0.123. The number of nitrogens with zero attached hydrogens (tertiary/aromatic N) is 2. The van der Waals surface area contributed by atoms with Crippen LogP contribution in [-0.2, 0) is 21.4 Å². The predicted octanol–water partition coefficient (Wildman–Crippen LogP) is 4.54. The second-order valence-electron chi connectivity index (χ2n) is 10.4. The number of hydrogen-bond acceptors (Lipinski definition) is 5. The molecule has 1 heterocycles. The third-order valence-corrected chi connectivity index (χ3v) is 9.02. The molecule has 210 valence electrons. The van der Waals surface area contributed by atoms with Gasteiger partial charge in [0.25, 0.3) is 5.92 Å². The number of hydrogen-bond donors (Lipinski definition) is 2. The van der Waals surface area contributed by atoms with Crippen LogP contribution in [-0.4, -0.2) is 55.1 Å². The summed E-state index contributed by atoms with van der Waals surface area (Å²) < 4.78 is 68.6. The largest absolute Gasteiger partial charge is 0.357 e. The van der Waals surface area contributed by atoms with Crippen molar-refractivity contribution in [2.24, 2.45) is 10.9 Å². The summed E-state index contributed by atoms with van der Waals surface area (Å²) >= 11 is 5.79. The summed E-state index contributed by atoms with van der Waals surface area (Å²) in [6, 6.07) is 11.2. The molecule has 0 bridgehead atoms. The molecule has 2 N–H and O–H groups in total. The van der Waals surface area contributed by atoms with Gasteiger partial charge in [-0.2, -0.15) is 4.31 Å². The van der Waals surface area contributed by atoms with Crippen LogP contribution in [0.1, 0.15) is 32.3 Å². The van der Waals surface area contributed by atoms with Gasteiger partial charge in [-0.05, 0) is 55.7 Å². The second-order valence-corrected chi connectivity index (χ2v) is 12.7. The van der Waals surface area contributed by atoms with Gasteiger partial charge in [0.05, 0.1) is 15.5 Å². The van der Waals surface area contributed by atoms with Crippen LogP contribution in [0.4, 0.5) is 13.2 Å². The van der Waals surface area contributed by atoms with Crippen LogP contribution in [0, 0.1) is 11.7 Å². The van der Waals surface area contributed by atoms with Crippen molar-refractivity contribution < 1.29 is 26.4 Å². The maximum Gasteiger partial charge on any atom is 0.253 e. The van der Waals surface area contributed by atoms with Crippen molar-refractivity contribution in [2.75, 3.05) is 13.1 Å². The molecule has 0 saturated heterocycles. The minimum atomic E-state index is -3.96.